The Kier molecular flexibility index (Phi) is 7.18. The average molecular weight is 312 g/mol. The van der Waals surface area contributed by atoms with Crippen LogP contribution in [0.15, 0.2) is 29.2 Å². The van der Waals surface area contributed by atoms with Crippen molar-refractivity contribution in [1.29, 1.82) is 0 Å². The molecule has 0 radical (unpaired) electrons. The molecule has 1 aromatic carbocycles. The fourth-order valence-corrected chi connectivity index (χ4v) is 3.42. The molecule has 0 aliphatic heterocycles. The maximum absolute atomic E-state index is 12.0. The summed E-state index contributed by atoms with van der Waals surface area (Å²) in [5.41, 5.74) is 0.961. The van der Waals surface area contributed by atoms with Crippen LogP contribution in [0.4, 0.5) is 5.69 Å². The van der Waals surface area contributed by atoms with Crippen molar-refractivity contribution in [2.24, 2.45) is 0 Å². The molecule has 1 unspecified atom stereocenters. The van der Waals surface area contributed by atoms with E-state index in [4.69, 9.17) is 0 Å². The van der Waals surface area contributed by atoms with Crippen LogP contribution in [0.3, 0.4) is 0 Å². The summed E-state index contributed by atoms with van der Waals surface area (Å²) < 4.78 is 26.6. The highest BCUT2D eigenvalue weighted by atomic mass is 32.2. The Bertz CT molecular complexity index is 510. The van der Waals surface area contributed by atoms with Gasteiger partial charge in [0.1, 0.15) is 0 Å². The predicted octanol–water partition coefficient (Wildman–Crippen LogP) is 3.75. The van der Waals surface area contributed by atoms with Gasteiger partial charge in [-0.05, 0) is 51.5 Å². The van der Waals surface area contributed by atoms with Crippen molar-refractivity contribution in [3.05, 3.63) is 24.3 Å². The number of anilines is 1. The second-order valence-corrected chi connectivity index (χ2v) is 7.56. The SMILES string of the molecule is CCCCCC(C)Nc1ccc(S(=O)(=O)NC(C)C)cc1. The number of hydrogen-bond acceptors (Lipinski definition) is 3. The first-order valence-corrected chi connectivity index (χ1v) is 9.22. The first kappa shape index (κ1) is 18.0. The monoisotopic (exact) mass is 312 g/mol. The van der Waals surface area contributed by atoms with Gasteiger partial charge >= 0.3 is 0 Å². The van der Waals surface area contributed by atoms with Crippen LogP contribution in [-0.4, -0.2) is 20.5 Å². The van der Waals surface area contributed by atoms with E-state index in [1.807, 2.05) is 26.0 Å². The molecule has 2 N–H and O–H groups in total. The number of hydrogen-bond donors (Lipinski definition) is 2. The molecule has 0 spiro atoms. The highest BCUT2D eigenvalue weighted by Gasteiger charge is 2.14. The molecule has 5 heteroatoms. The lowest BCUT2D eigenvalue weighted by Gasteiger charge is -2.15. The second-order valence-electron chi connectivity index (χ2n) is 5.84. The molecule has 1 aromatic rings. The third-order valence-corrected chi connectivity index (χ3v) is 4.88. The maximum Gasteiger partial charge on any atom is 0.240 e. The highest BCUT2D eigenvalue weighted by molar-refractivity contribution is 7.89. The zero-order chi connectivity index (χ0) is 15.9. The van der Waals surface area contributed by atoms with Gasteiger partial charge in [0.25, 0.3) is 0 Å². The molecule has 0 heterocycles. The van der Waals surface area contributed by atoms with Gasteiger partial charge in [-0.2, -0.15) is 0 Å². The van der Waals surface area contributed by atoms with Gasteiger partial charge in [-0.25, -0.2) is 13.1 Å². The van der Waals surface area contributed by atoms with Crippen LogP contribution in [0, 0.1) is 0 Å². The smallest absolute Gasteiger partial charge is 0.240 e. The fraction of sp³-hybridized carbons (Fsp3) is 0.625. The third kappa shape index (κ3) is 6.48. The van der Waals surface area contributed by atoms with Crippen molar-refractivity contribution in [3.8, 4) is 0 Å². The van der Waals surface area contributed by atoms with Crippen molar-refractivity contribution in [2.45, 2.75) is 70.4 Å². The van der Waals surface area contributed by atoms with E-state index < -0.39 is 10.0 Å². The van der Waals surface area contributed by atoms with Crippen molar-refractivity contribution in [2.75, 3.05) is 5.32 Å². The molecule has 0 aromatic heterocycles. The number of rotatable bonds is 9. The van der Waals surface area contributed by atoms with E-state index in [1.165, 1.54) is 19.3 Å². The molecule has 0 amide bonds. The molecule has 1 atom stereocenters. The van der Waals surface area contributed by atoms with Crippen LogP contribution in [0.2, 0.25) is 0 Å². The van der Waals surface area contributed by atoms with Crippen molar-refractivity contribution in [1.82, 2.24) is 4.72 Å². The molecule has 0 bridgehead atoms. The Morgan fingerprint density at radius 3 is 2.19 bits per heavy atom. The van der Waals surface area contributed by atoms with Gasteiger partial charge in [0.2, 0.25) is 10.0 Å². The maximum atomic E-state index is 12.0. The number of unbranched alkanes of at least 4 members (excludes halogenated alkanes) is 2. The number of benzene rings is 1. The summed E-state index contributed by atoms with van der Waals surface area (Å²) in [4.78, 5) is 0.306. The first-order valence-electron chi connectivity index (χ1n) is 7.74. The molecule has 4 nitrogen and oxygen atoms in total. The quantitative estimate of drug-likeness (QED) is 0.683. The summed E-state index contributed by atoms with van der Waals surface area (Å²) in [6, 6.07) is 7.23. The van der Waals surface area contributed by atoms with Gasteiger partial charge in [0, 0.05) is 17.8 Å². The molecule has 120 valence electrons. The molecular weight excluding hydrogens is 284 g/mol. The van der Waals surface area contributed by atoms with Crippen LogP contribution >= 0.6 is 0 Å². The van der Waals surface area contributed by atoms with Crippen molar-refractivity contribution in [3.63, 3.8) is 0 Å². The normalized spacial score (nSPS) is 13.4. The van der Waals surface area contributed by atoms with Gasteiger partial charge in [-0.15, -0.1) is 0 Å². The minimum atomic E-state index is -3.40. The highest BCUT2D eigenvalue weighted by Crippen LogP contribution is 2.16. The third-order valence-electron chi connectivity index (χ3n) is 3.21. The number of sulfonamides is 1. The Balaban J connectivity index is 2.62. The zero-order valence-electron chi connectivity index (χ0n) is 13.5. The Labute approximate surface area is 129 Å². The molecule has 0 saturated carbocycles. The van der Waals surface area contributed by atoms with E-state index >= 15 is 0 Å². The summed E-state index contributed by atoms with van der Waals surface area (Å²) in [6.07, 6.45) is 4.82. The minimum absolute atomic E-state index is 0.105. The summed E-state index contributed by atoms with van der Waals surface area (Å²) in [7, 11) is -3.40. The summed E-state index contributed by atoms with van der Waals surface area (Å²) in [5, 5.41) is 3.40. The summed E-state index contributed by atoms with van der Waals surface area (Å²) in [6.45, 7) is 7.97. The summed E-state index contributed by atoms with van der Waals surface area (Å²) in [5.74, 6) is 0. The van der Waals surface area contributed by atoms with Gasteiger partial charge < -0.3 is 5.32 Å². The van der Waals surface area contributed by atoms with Gasteiger partial charge in [-0.3, -0.25) is 0 Å². The van der Waals surface area contributed by atoms with E-state index in [-0.39, 0.29) is 6.04 Å². The van der Waals surface area contributed by atoms with Crippen molar-refractivity contribution < 1.29 is 8.42 Å². The van der Waals surface area contributed by atoms with E-state index in [0.717, 1.165) is 12.1 Å². The zero-order valence-corrected chi connectivity index (χ0v) is 14.3. The molecule has 0 saturated heterocycles. The lowest BCUT2D eigenvalue weighted by atomic mass is 10.1. The molecule has 0 aliphatic carbocycles. The number of nitrogens with one attached hydrogen (secondary N) is 2. The van der Waals surface area contributed by atoms with Gasteiger partial charge in [0.05, 0.1) is 4.90 Å². The Hall–Kier alpha value is -1.07. The fourth-order valence-electron chi connectivity index (χ4n) is 2.17. The molecular formula is C16H28N2O2S. The Morgan fingerprint density at radius 2 is 1.67 bits per heavy atom. The second kappa shape index (κ2) is 8.39. The predicted molar refractivity (Wildman–Crippen MR) is 89.1 cm³/mol. The largest absolute Gasteiger partial charge is 0.383 e. The van der Waals surface area contributed by atoms with Crippen LogP contribution < -0.4 is 10.0 Å². The lowest BCUT2D eigenvalue weighted by Crippen LogP contribution is -2.30. The Morgan fingerprint density at radius 1 is 1.05 bits per heavy atom. The molecule has 1 rings (SSSR count). The van der Waals surface area contributed by atoms with E-state index in [2.05, 4.69) is 23.9 Å². The van der Waals surface area contributed by atoms with Crippen LogP contribution in [0.5, 0.6) is 0 Å². The lowest BCUT2D eigenvalue weighted by molar-refractivity contribution is 0.570. The van der Waals surface area contributed by atoms with E-state index in [1.54, 1.807) is 12.1 Å². The molecule has 21 heavy (non-hydrogen) atoms. The van der Waals surface area contributed by atoms with Crippen LogP contribution in [-0.2, 0) is 10.0 Å². The summed E-state index contributed by atoms with van der Waals surface area (Å²) >= 11 is 0. The van der Waals surface area contributed by atoms with Crippen LogP contribution in [0.25, 0.3) is 0 Å². The van der Waals surface area contributed by atoms with Gasteiger partial charge in [0.15, 0.2) is 0 Å². The van der Waals surface area contributed by atoms with Gasteiger partial charge in [-0.1, -0.05) is 26.2 Å². The van der Waals surface area contributed by atoms with Crippen molar-refractivity contribution >= 4 is 15.7 Å². The average Bonchev–Trinajstić information content (AvgIpc) is 2.38. The van der Waals surface area contributed by atoms with E-state index in [0.29, 0.717) is 10.9 Å². The van der Waals surface area contributed by atoms with E-state index in [9.17, 15) is 8.42 Å². The topological polar surface area (TPSA) is 58.2 Å². The minimum Gasteiger partial charge on any atom is -0.383 e. The molecule has 0 aliphatic rings. The molecule has 0 fully saturated rings. The standard InChI is InChI=1S/C16H28N2O2S/c1-5-6-7-8-14(4)17-15-9-11-16(12-10-15)21(19,20)18-13(2)3/h9-14,17-18H,5-8H2,1-4H3. The van der Waals surface area contributed by atoms with Crippen LogP contribution in [0.1, 0.15) is 53.4 Å². The first-order chi connectivity index (χ1) is 9.85.